The molecule has 1 heterocycles. The van der Waals surface area contributed by atoms with Gasteiger partial charge in [-0.2, -0.15) is 0 Å². The summed E-state index contributed by atoms with van der Waals surface area (Å²) in [6.45, 7) is 2.12. The molecule has 0 radical (unpaired) electrons. The molecule has 80 valence electrons. The Balaban J connectivity index is 2.53. The van der Waals surface area contributed by atoms with E-state index in [1.165, 1.54) is 0 Å². The zero-order valence-corrected chi connectivity index (χ0v) is 9.03. The minimum atomic E-state index is -0.148. The molecule has 1 unspecified atom stereocenters. The molecule has 1 aromatic heterocycles. The first-order valence-electron chi connectivity index (χ1n) is 4.89. The number of ether oxygens (including phenoxy) is 2. The molecule has 1 atom stereocenters. The van der Waals surface area contributed by atoms with Crippen molar-refractivity contribution >= 4 is 0 Å². The Morgan fingerprint density at radius 2 is 2.07 bits per heavy atom. The van der Waals surface area contributed by atoms with Crippen LogP contribution in [0.1, 0.15) is 19.1 Å². The van der Waals surface area contributed by atoms with Crippen molar-refractivity contribution in [2.75, 3.05) is 14.2 Å². The van der Waals surface area contributed by atoms with E-state index in [0.29, 0.717) is 5.92 Å². The molecule has 1 rings (SSSR count). The summed E-state index contributed by atoms with van der Waals surface area (Å²) < 4.78 is 15.8. The molecule has 3 heteroatoms. The maximum absolute atomic E-state index is 5.29. The third-order valence-corrected chi connectivity index (χ3v) is 2.42. The second-order valence-corrected chi connectivity index (χ2v) is 3.29. The second-order valence-electron chi connectivity index (χ2n) is 3.29. The lowest BCUT2D eigenvalue weighted by atomic mass is 10.0. The molecule has 0 bridgehead atoms. The van der Waals surface area contributed by atoms with Crippen molar-refractivity contribution in [1.29, 1.82) is 0 Å². The van der Waals surface area contributed by atoms with Crippen molar-refractivity contribution in [3.05, 3.63) is 24.2 Å². The quantitative estimate of drug-likeness (QED) is 0.658. The van der Waals surface area contributed by atoms with Crippen LogP contribution in [0.4, 0.5) is 0 Å². The molecule has 0 saturated heterocycles. The number of hydrogen-bond donors (Lipinski definition) is 0. The van der Waals surface area contributed by atoms with Crippen LogP contribution in [0.25, 0.3) is 0 Å². The maximum Gasteiger partial charge on any atom is 0.160 e. The van der Waals surface area contributed by atoms with E-state index >= 15 is 0 Å². The molecule has 14 heavy (non-hydrogen) atoms. The van der Waals surface area contributed by atoms with E-state index in [-0.39, 0.29) is 6.29 Å². The fourth-order valence-corrected chi connectivity index (χ4v) is 1.60. The summed E-state index contributed by atoms with van der Waals surface area (Å²) >= 11 is 0. The molecule has 0 fully saturated rings. The third kappa shape index (κ3) is 2.86. The summed E-state index contributed by atoms with van der Waals surface area (Å²) in [4.78, 5) is 0. The van der Waals surface area contributed by atoms with Gasteiger partial charge in [0.05, 0.1) is 6.26 Å². The van der Waals surface area contributed by atoms with Crippen LogP contribution in [0.2, 0.25) is 0 Å². The molecule has 0 saturated carbocycles. The van der Waals surface area contributed by atoms with E-state index in [2.05, 4.69) is 6.92 Å². The summed E-state index contributed by atoms with van der Waals surface area (Å²) in [6.07, 6.45) is 3.41. The Morgan fingerprint density at radius 1 is 1.36 bits per heavy atom. The van der Waals surface area contributed by atoms with Crippen LogP contribution in [-0.2, 0) is 15.9 Å². The van der Waals surface area contributed by atoms with Crippen molar-refractivity contribution in [2.24, 2.45) is 5.92 Å². The number of rotatable bonds is 6. The van der Waals surface area contributed by atoms with Crippen molar-refractivity contribution < 1.29 is 13.9 Å². The van der Waals surface area contributed by atoms with Crippen LogP contribution in [-0.4, -0.2) is 20.5 Å². The van der Waals surface area contributed by atoms with Crippen molar-refractivity contribution in [3.8, 4) is 0 Å². The summed E-state index contributed by atoms with van der Waals surface area (Å²) in [5.41, 5.74) is 0. The van der Waals surface area contributed by atoms with Crippen LogP contribution < -0.4 is 0 Å². The molecule has 0 N–H and O–H groups in total. The molecule has 0 aliphatic heterocycles. The summed E-state index contributed by atoms with van der Waals surface area (Å²) in [5, 5.41) is 0. The summed E-state index contributed by atoms with van der Waals surface area (Å²) in [7, 11) is 3.33. The Bertz CT molecular complexity index is 227. The normalized spacial score (nSPS) is 13.4. The van der Waals surface area contributed by atoms with Gasteiger partial charge >= 0.3 is 0 Å². The van der Waals surface area contributed by atoms with Crippen LogP contribution in [0, 0.1) is 5.92 Å². The minimum absolute atomic E-state index is 0.148. The van der Waals surface area contributed by atoms with Crippen LogP contribution in [0.3, 0.4) is 0 Å². The van der Waals surface area contributed by atoms with Gasteiger partial charge in [-0.25, -0.2) is 0 Å². The topological polar surface area (TPSA) is 31.6 Å². The highest BCUT2D eigenvalue weighted by Gasteiger charge is 2.20. The molecule has 0 aromatic carbocycles. The highest BCUT2D eigenvalue weighted by molar-refractivity contribution is 4.99. The van der Waals surface area contributed by atoms with Crippen molar-refractivity contribution in [3.63, 3.8) is 0 Å². The lowest BCUT2D eigenvalue weighted by molar-refractivity contribution is -0.138. The Kier molecular flexibility index (Phi) is 4.70. The fraction of sp³-hybridized carbons (Fsp3) is 0.636. The molecular weight excluding hydrogens is 180 g/mol. The van der Waals surface area contributed by atoms with Gasteiger partial charge in [-0.1, -0.05) is 6.92 Å². The molecular formula is C11H18O3. The zero-order valence-electron chi connectivity index (χ0n) is 9.03. The van der Waals surface area contributed by atoms with E-state index in [4.69, 9.17) is 13.9 Å². The molecule has 0 aliphatic carbocycles. The highest BCUT2D eigenvalue weighted by Crippen LogP contribution is 2.18. The zero-order chi connectivity index (χ0) is 10.4. The first-order valence-corrected chi connectivity index (χ1v) is 4.89. The van der Waals surface area contributed by atoms with Crippen molar-refractivity contribution in [2.45, 2.75) is 26.1 Å². The van der Waals surface area contributed by atoms with Gasteiger partial charge in [0.25, 0.3) is 0 Å². The van der Waals surface area contributed by atoms with E-state index in [9.17, 15) is 0 Å². The van der Waals surface area contributed by atoms with Gasteiger partial charge in [-0.05, 0) is 18.6 Å². The lowest BCUT2D eigenvalue weighted by Crippen LogP contribution is -2.25. The molecule has 0 aliphatic rings. The Hall–Kier alpha value is -0.800. The monoisotopic (exact) mass is 198 g/mol. The molecule has 0 amide bonds. The first-order chi connectivity index (χ1) is 6.81. The van der Waals surface area contributed by atoms with E-state index in [1.807, 2.05) is 12.1 Å². The van der Waals surface area contributed by atoms with Crippen molar-refractivity contribution in [1.82, 2.24) is 0 Å². The minimum Gasteiger partial charge on any atom is -0.469 e. The average Bonchev–Trinajstić information content (AvgIpc) is 2.70. The molecule has 3 nitrogen and oxygen atoms in total. The summed E-state index contributed by atoms with van der Waals surface area (Å²) in [5.74, 6) is 1.33. The lowest BCUT2D eigenvalue weighted by Gasteiger charge is -2.22. The van der Waals surface area contributed by atoms with E-state index in [0.717, 1.165) is 18.6 Å². The number of methoxy groups -OCH3 is 2. The largest absolute Gasteiger partial charge is 0.469 e. The predicted molar refractivity (Wildman–Crippen MR) is 54.0 cm³/mol. The van der Waals surface area contributed by atoms with Gasteiger partial charge in [0.2, 0.25) is 0 Å². The standard InChI is InChI=1S/C11H18O3/c1-4-9(11(12-2)13-3)8-10-6-5-7-14-10/h5-7,9,11H,4,8H2,1-3H3. The maximum atomic E-state index is 5.29. The molecule has 0 spiro atoms. The van der Waals surface area contributed by atoms with Crippen LogP contribution in [0.15, 0.2) is 22.8 Å². The number of hydrogen-bond acceptors (Lipinski definition) is 3. The average molecular weight is 198 g/mol. The van der Waals surface area contributed by atoms with Crippen LogP contribution in [0.5, 0.6) is 0 Å². The van der Waals surface area contributed by atoms with E-state index in [1.54, 1.807) is 20.5 Å². The SMILES string of the molecule is CCC(Cc1ccco1)C(OC)OC. The van der Waals surface area contributed by atoms with Gasteiger partial charge in [0, 0.05) is 26.6 Å². The smallest absolute Gasteiger partial charge is 0.160 e. The van der Waals surface area contributed by atoms with Crippen LogP contribution >= 0.6 is 0 Å². The second kappa shape index (κ2) is 5.83. The van der Waals surface area contributed by atoms with Gasteiger partial charge in [0.1, 0.15) is 5.76 Å². The predicted octanol–water partition coefficient (Wildman–Crippen LogP) is 2.47. The molecule has 1 aromatic rings. The summed E-state index contributed by atoms with van der Waals surface area (Å²) in [6, 6.07) is 3.88. The first kappa shape index (κ1) is 11.3. The third-order valence-electron chi connectivity index (χ3n) is 2.42. The van der Waals surface area contributed by atoms with Gasteiger partial charge in [0.15, 0.2) is 6.29 Å². The highest BCUT2D eigenvalue weighted by atomic mass is 16.7. The Labute approximate surface area is 85.0 Å². The van der Waals surface area contributed by atoms with Gasteiger partial charge in [-0.15, -0.1) is 0 Å². The number of furan rings is 1. The van der Waals surface area contributed by atoms with Gasteiger partial charge < -0.3 is 13.9 Å². The van der Waals surface area contributed by atoms with Gasteiger partial charge in [-0.3, -0.25) is 0 Å². The fourth-order valence-electron chi connectivity index (χ4n) is 1.60. The Morgan fingerprint density at radius 3 is 2.50 bits per heavy atom. The van der Waals surface area contributed by atoms with E-state index < -0.39 is 0 Å².